The van der Waals surface area contributed by atoms with Crippen LogP contribution in [-0.2, 0) is 6.42 Å². The second-order valence-electron chi connectivity index (χ2n) is 8.51. The van der Waals surface area contributed by atoms with Gasteiger partial charge in [0.05, 0.1) is 18.8 Å². The van der Waals surface area contributed by atoms with E-state index in [1.165, 1.54) is 0 Å². The fourth-order valence-electron chi connectivity index (χ4n) is 5.06. The van der Waals surface area contributed by atoms with Crippen LogP contribution in [0.15, 0.2) is 48.5 Å². The molecule has 2 aromatic carbocycles. The van der Waals surface area contributed by atoms with Gasteiger partial charge in [0, 0.05) is 26.1 Å². The second-order valence-corrected chi connectivity index (χ2v) is 8.51. The number of methoxy groups -OCH3 is 1. The average molecular weight is 383 g/mol. The summed E-state index contributed by atoms with van der Waals surface area (Å²) in [4.78, 5) is 2.30. The van der Waals surface area contributed by atoms with Crippen LogP contribution in [0.4, 0.5) is 0 Å². The highest BCUT2D eigenvalue weighted by Crippen LogP contribution is 2.45. The summed E-state index contributed by atoms with van der Waals surface area (Å²) in [6.07, 6.45) is 1.71. The number of phenolic OH excluding ortho intramolecular Hbond substituents is 1. The summed E-state index contributed by atoms with van der Waals surface area (Å²) in [7, 11) is 1.66. The van der Waals surface area contributed by atoms with Gasteiger partial charge in [0.2, 0.25) is 0 Å². The third kappa shape index (κ3) is 4.17. The van der Waals surface area contributed by atoms with E-state index >= 15 is 0 Å². The molecule has 5 nitrogen and oxygen atoms in total. The lowest BCUT2D eigenvalue weighted by Gasteiger charge is -2.27. The Morgan fingerprint density at radius 3 is 2.43 bits per heavy atom. The van der Waals surface area contributed by atoms with E-state index < -0.39 is 11.7 Å². The number of β-amino-alcohol motifs (C(OH)–C–C–N with tert-alkyl or cyclic N) is 1. The Hall–Kier alpha value is -2.08. The van der Waals surface area contributed by atoms with Crippen molar-refractivity contribution in [1.82, 2.24) is 4.90 Å². The van der Waals surface area contributed by atoms with E-state index in [2.05, 4.69) is 11.0 Å². The molecule has 1 aliphatic heterocycles. The Morgan fingerprint density at radius 1 is 1.11 bits per heavy atom. The van der Waals surface area contributed by atoms with Crippen molar-refractivity contribution in [3.8, 4) is 11.5 Å². The summed E-state index contributed by atoms with van der Waals surface area (Å²) in [5.41, 5.74) is 1.29. The number of aliphatic hydroxyl groups excluding tert-OH is 1. The molecule has 1 saturated heterocycles. The van der Waals surface area contributed by atoms with Crippen LogP contribution in [0.25, 0.3) is 0 Å². The lowest BCUT2D eigenvalue weighted by atomic mass is 9.91. The Bertz CT molecular complexity index is 793. The zero-order valence-electron chi connectivity index (χ0n) is 16.3. The van der Waals surface area contributed by atoms with Crippen molar-refractivity contribution in [2.45, 2.75) is 31.0 Å². The maximum atomic E-state index is 11.2. The number of nitrogens with zero attached hydrogens (tertiary/aromatic N) is 1. The van der Waals surface area contributed by atoms with Crippen molar-refractivity contribution in [3.05, 3.63) is 59.7 Å². The van der Waals surface area contributed by atoms with Gasteiger partial charge < -0.3 is 20.1 Å². The predicted octanol–water partition coefficient (Wildman–Crippen LogP) is 2.75. The van der Waals surface area contributed by atoms with E-state index in [0.717, 1.165) is 42.8 Å². The molecule has 0 amide bonds. The second kappa shape index (κ2) is 7.74. The van der Waals surface area contributed by atoms with Crippen LogP contribution in [-0.4, -0.2) is 52.6 Å². The molecule has 0 aromatic heterocycles. The largest absolute Gasteiger partial charge is 0.508 e. The van der Waals surface area contributed by atoms with Gasteiger partial charge in [-0.2, -0.15) is 0 Å². The third-order valence-electron chi connectivity index (χ3n) is 6.31. The van der Waals surface area contributed by atoms with Crippen LogP contribution < -0.4 is 4.74 Å². The molecule has 2 aliphatic rings. The first kappa shape index (κ1) is 19.2. The molecule has 150 valence electrons. The van der Waals surface area contributed by atoms with Crippen LogP contribution in [0.1, 0.15) is 30.1 Å². The Kier molecular flexibility index (Phi) is 5.32. The SMILES string of the molecule is COc1cccc(C[C@@]2(O)C[C@H]3CN(CC(O)c4ccc(O)cc4)C[C@H]3C2)c1. The van der Waals surface area contributed by atoms with E-state index in [1.54, 1.807) is 31.4 Å². The minimum Gasteiger partial charge on any atom is -0.508 e. The molecule has 1 saturated carbocycles. The standard InChI is InChI=1S/C23H29NO4/c1-28-21-4-2-3-16(9-21)10-23(27)11-18-13-24(14-19(18)12-23)15-22(26)17-5-7-20(25)8-6-17/h2-9,18-19,22,25-27H,10-15H2,1H3/t18-,19+,22?,23+. The van der Waals surface area contributed by atoms with Crippen LogP contribution in [0, 0.1) is 11.8 Å². The minimum absolute atomic E-state index is 0.210. The van der Waals surface area contributed by atoms with Gasteiger partial charge in [0.15, 0.2) is 0 Å². The summed E-state index contributed by atoms with van der Waals surface area (Å²) in [6, 6.07) is 14.7. The molecular formula is C23H29NO4. The van der Waals surface area contributed by atoms with Crippen molar-refractivity contribution in [2.75, 3.05) is 26.7 Å². The summed E-state index contributed by atoms with van der Waals surface area (Å²) in [6.45, 7) is 2.42. The van der Waals surface area contributed by atoms with Gasteiger partial charge in [-0.25, -0.2) is 0 Å². The number of ether oxygens (including phenoxy) is 1. The van der Waals surface area contributed by atoms with E-state index in [-0.39, 0.29) is 5.75 Å². The Morgan fingerprint density at radius 2 is 1.79 bits per heavy atom. The molecule has 0 spiro atoms. The molecule has 0 bridgehead atoms. The number of hydrogen-bond donors (Lipinski definition) is 3. The number of hydrogen-bond acceptors (Lipinski definition) is 5. The number of aliphatic hydroxyl groups is 2. The fraction of sp³-hybridized carbons (Fsp3) is 0.478. The molecule has 0 radical (unpaired) electrons. The Balaban J connectivity index is 1.33. The topological polar surface area (TPSA) is 73.2 Å². The van der Waals surface area contributed by atoms with Gasteiger partial charge in [0.25, 0.3) is 0 Å². The zero-order chi connectivity index (χ0) is 19.7. The zero-order valence-corrected chi connectivity index (χ0v) is 16.3. The van der Waals surface area contributed by atoms with E-state index in [0.29, 0.717) is 24.8 Å². The first-order valence-electron chi connectivity index (χ1n) is 9.99. The van der Waals surface area contributed by atoms with Gasteiger partial charge in [-0.05, 0) is 60.1 Å². The van der Waals surface area contributed by atoms with Gasteiger partial charge in [-0.15, -0.1) is 0 Å². The van der Waals surface area contributed by atoms with E-state index in [1.807, 2.05) is 18.2 Å². The van der Waals surface area contributed by atoms with Crippen molar-refractivity contribution in [1.29, 1.82) is 0 Å². The minimum atomic E-state index is -0.649. The molecule has 3 N–H and O–H groups in total. The number of benzene rings is 2. The Labute approximate surface area is 166 Å². The van der Waals surface area contributed by atoms with Crippen LogP contribution in [0.3, 0.4) is 0 Å². The first-order valence-corrected chi connectivity index (χ1v) is 9.99. The lowest BCUT2D eigenvalue weighted by molar-refractivity contribution is 0.0328. The third-order valence-corrected chi connectivity index (χ3v) is 6.31. The average Bonchev–Trinajstić information content (AvgIpc) is 3.16. The molecule has 2 aromatic rings. The summed E-state index contributed by atoms with van der Waals surface area (Å²) < 4.78 is 5.29. The van der Waals surface area contributed by atoms with Crippen LogP contribution in [0.2, 0.25) is 0 Å². The monoisotopic (exact) mass is 383 g/mol. The highest BCUT2D eigenvalue weighted by atomic mass is 16.5. The summed E-state index contributed by atoms with van der Waals surface area (Å²) in [5, 5.41) is 31.0. The summed E-state index contributed by atoms with van der Waals surface area (Å²) in [5.74, 6) is 1.99. The number of likely N-dealkylation sites (tertiary alicyclic amines) is 1. The fourth-order valence-corrected chi connectivity index (χ4v) is 5.06. The predicted molar refractivity (Wildman–Crippen MR) is 107 cm³/mol. The highest BCUT2D eigenvalue weighted by Gasteiger charge is 2.48. The molecule has 5 heteroatoms. The number of fused-ring (bicyclic) bond motifs is 1. The molecule has 4 rings (SSSR count). The molecule has 28 heavy (non-hydrogen) atoms. The van der Waals surface area contributed by atoms with Gasteiger partial charge in [-0.3, -0.25) is 4.90 Å². The van der Waals surface area contributed by atoms with E-state index in [9.17, 15) is 15.3 Å². The molecular weight excluding hydrogens is 354 g/mol. The number of phenols is 1. The summed E-state index contributed by atoms with van der Waals surface area (Å²) >= 11 is 0. The van der Waals surface area contributed by atoms with Crippen molar-refractivity contribution < 1.29 is 20.1 Å². The number of aromatic hydroxyl groups is 1. The molecule has 1 unspecified atom stereocenters. The highest BCUT2D eigenvalue weighted by molar-refractivity contribution is 5.30. The van der Waals surface area contributed by atoms with Gasteiger partial charge in [0.1, 0.15) is 11.5 Å². The van der Waals surface area contributed by atoms with Crippen LogP contribution in [0.5, 0.6) is 11.5 Å². The normalized spacial score (nSPS) is 28.2. The maximum absolute atomic E-state index is 11.2. The molecule has 1 heterocycles. The van der Waals surface area contributed by atoms with Crippen molar-refractivity contribution >= 4 is 0 Å². The van der Waals surface area contributed by atoms with Gasteiger partial charge >= 0.3 is 0 Å². The molecule has 2 fully saturated rings. The maximum Gasteiger partial charge on any atom is 0.119 e. The van der Waals surface area contributed by atoms with Crippen molar-refractivity contribution in [3.63, 3.8) is 0 Å². The quantitative estimate of drug-likeness (QED) is 0.715. The first-order chi connectivity index (χ1) is 13.4. The number of rotatable bonds is 6. The lowest BCUT2D eigenvalue weighted by Crippen LogP contribution is -2.33. The van der Waals surface area contributed by atoms with Gasteiger partial charge in [-0.1, -0.05) is 24.3 Å². The van der Waals surface area contributed by atoms with Crippen LogP contribution >= 0.6 is 0 Å². The molecule has 1 aliphatic carbocycles. The smallest absolute Gasteiger partial charge is 0.119 e. The van der Waals surface area contributed by atoms with Crippen molar-refractivity contribution in [2.24, 2.45) is 11.8 Å². The molecule has 4 atom stereocenters. The van der Waals surface area contributed by atoms with E-state index in [4.69, 9.17) is 4.74 Å².